The van der Waals surface area contributed by atoms with Crippen LogP contribution in [0.3, 0.4) is 0 Å². The largest absolute Gasteiger partial charge is 0.375 e. The number of nitrogens with zero attached hydrogens (tertiary/aromatic N) is 1. The second kappa shape index (κ2) is 10.8. The minimum absolute atomic E-state index is 0.174. The van der Waals surface area contributed by atoms with Crippen LogP contribution in [0.1, 0.15) is 75.1 Å². The van der Waals surface area contributed by atoms with Gasteiger partial charge in [0, 0.05) is 6.54 Å². The van der Waals surface area contributed by atoms with Crippen LogP contribution < -0.4 is 5.32 Å². The van der Waals surface area contributed by atoms with Gasteiger partial charge >= 0.3 is 0 Å². The van der Waals surface area contributed by atoms with Crippen LogP contribution in [0.4, 0.5) is 0 Å². The van der Waals surface area contributed by atoms with E-state index in [0.717, 1.165) is 37.8 Å². The van der Waals surface area contributed by atoms with Gasteiger partial charge in [-0.3, -0.25) is 4.79 Å². The lowest BCUT2D eigenvalue weighted by molar-refractivity contribution is -0.146. The zero-order chi connectivity index (χ0) is 24.3. The molecule has 1 saturated carbocycles. The maximum Gasteiger partial charge on any atom is 0.233 e. The Bertz CT molecular complexity index is 974. The van der Waals surface area contributed by atoms with Crippen LogP contribution in [0.2, 0.25) is 0 Å². The molecule has 2 aromatic rings. The zero-order valence-corrected chi connectivity index (χ0v) is 21.5. The molecule has 1 N–H and O–H groups in total. The van der Waals surface area contributed by atoms with Gasteiger partial charge in [0.15, 0.2) is 0 Å². The summed E-state index contributed by atoms with van der Waals surface area (Å²) in [6.07, 6.45) is 6.76. The van der Waals surface area contributed by atoms with Crippen LogP contribution in [0.25, 0.3) is 0 Å². The molecule has 4 nitrogen and oxygen atoms in total. The summed E-state index contributed by atoms with van der Waals surface area (Å²) in [6, 6.07) is 19.4. The van der Waals surface area contributed by atoms with Crippen LogP contribution >= 0.6 is 0 Å². The Kier molecular flexibility index (Phi) is 7.59. The normalized spacial score (nSPS) is 26.2. The molecule has 1 unspecified atom stereocenters. The van der Waals surface area contributed by atoms with Gasteiger partial charge in [-0.2, -0.15) is 0 Å². The van der Waals surface area contributed by atoms with E-state index in [9.17, 15) is 4.79 Å². The summed E-state index contributed by atoms with van der Waals surface area (Å²) in [7, 11) is 0. The van der Waals surface area contributed by atoms with Gasteiger partial charge < -0.3 is 15.0 Å². The van der Waals surface area contributed by atoms with E-state index in [-0.39, 0.29) is 11.5 Å². The fourth-order valence-corrected chi connectivity index (χ4v) is 7.02. The number of ether oxygens (including phenoxy) is 1. The lowest BCUT2D eigenvalue weighted by atomic mass is 9.64. The fourth-order valence-electron chi connectivity index (χ4n) is 7.02. The number of piperidine rings is 1. The Morgan fingerprint density at radius 3 is 2.37 bits per heavy atom. The molecule has 0 aromatic heterocycles. The molecular formula is C31H42N2O2. The van der Waals surface area contributed by atoms with E-state index in [1.807, 2.05) is 18.2 Å². The molecule has 4 heteroatoms. The van der Waals surface area contributed by atoms with E-state index in [1.165, 1.54) is 42.4 Å². The van der Waals surface area contributed by atoms with Crippen molar-refractivity contribution in [2.24, 2.45) is 17.8 Å². The minimum atomic E-state index is -0.382. The average Bonchev–Trinajstić information content (AvgIpc) is 2.91. The highest BCUT2D eigenvalue weighted by atomic mass is 16.5. The third kappa shape index (κ3) is 4.93. The number of rotatable bonds is 7. The highest BCUT2D eigenvalue weighted by Gasteiger charge is 2.52. The molecule has 2 heterocycles. The first-order valence-corrected chi connectivity index (χ1v) is 13.8. The van der Waals surface area contributed by atoms with E-state index >= 15 is 0 Å². The van der Waals surface area contributed by atoms with Crippen LogP contribution in [0, 0.1) is 17.8 Å². The molecule has 1 aliphatic carbocycles. The van der Waals surface area contributed by atoms with Crippen molar-refractivity contribution >= 4 is 5.91 Å². The van der Waals surface area contributed by atoms with E-state index in [0.29, 0.717) is 31.6 Å². The maximum atomic E-state index is 14.4. The summed E-state index contributed by atoms with van der Waals surface area (Å²) >= 11 is 0. The van der Waals surface area contributed by atoms with Crippen molar-refractivity contribution in [1.29, 1.82) is 0 Å². The SMILES string of the molecule is CC(C)C1CCC(C2c3ccccc3C3(CCNCC3)C(=O)N2CCOCc2ccccc2)CC1. The summed E-state index contributed by atoms with van der Waals surface area (Å²) in [5.74, 6) is 2.44. The molecular weight excluding hydrogens is 432 g/mol. The van der Waals surface area contributed by atoms with E-state index < -0.39 is 0 Å². The van der Waals surface area contributed by atoms with Crippen LogP contribution in [0.15, 0.2) is 54.6 Å². The second-order valence-corrected chi connectivity index (χ2v) is 11.3. The smallest absolute Gasteiger partial charge is 0.233 e. The van der Waals surface area contributed by atoms with Crippen molar-refractivity contribution in [3.05, 3.63) is 71.3 Å². The molecule has 1 amide bonds. The summed E-state index contributed by atoms with van der Waals surface area (Å²) in [5, 5.41) is 3.49. The average molecular weight is 475 g/mol. The summed E-state index contributed by atoms with van der Waals surface area (Å²) < 4.78 is 6.11. The van der Waals surface area contributed by atoms with Gasteiger partial charge in [-0.25, -0.2) is 0 Å². The second-order valence-electron chi connectivity index (χ2n) is 11.3. The Labute approximate surface area is 211 Å². The topological polar surface area (TPSA) is 41.6 Å². The van der Waals surface area contributed by atoms with Crippen LogP contribution in [-0.2, 0) is 21.6 Å². The Hall–Kier alpha value is -2.17. The van der Waals surface area contributed by atoms with E-state index in [4.69, 9.17) is 4.74 Å². The summed E-state index contributed by atoms with van der Waals surface area (Å²) in [5.41, 5.74) is 3.52. The third-order valence-electron chi connectivity index (χ3n) is 9.05. The van der Waals surface area contributed by atoms with Gasteiger partial charge in [0.05, 0.1) is 24.7 Å². The Morgan fingerprint density at radius 2 is 1.66 bits per heavy atom. The number of carbonyl (C=O) groups excluding carboxylic acids is 1. The number of hydrogen-bond acceptors (Lipinski definition) is 3. The molecule has 35 heavy (non-hydrogen) atoms. The van der Waals surface area contributed by atoms with Crippen molar-refractivity contribution in [2.75, 3.05) is 26.2 Å². The number of amides is 1. The van der Waals surface area contributed by atoms with Crippen molar-refractivity contribution < 1.29 is 9.53 Å². The number of carbonyl (C=O) groups is 1. The van der Waals surface area contributed by atoms with Gasteiger partial charge in [0.25, 0.3) is 0 Å². The molecule has 2 fully saturated rings. The first-order valence-electron chi connectivity index (χ1n) is 13.8. The molecule has 3 aliphatic rings. The van der Waals surface area contributed by atoms with E-state index in [1.54, 1.807) is 0 Å². The van der Waals surface area contributed by atoms with Gasteiger partial charge in [-0.05, 0) is 86.1 Å². The Balaban J connectivity index is 1.41. The molecule has 1 saturated heterocycles. The molecule has 0 bridgehead atoms. The van der Waals surface area contributed by atoms with Gasteiger partial charge in [-0.1, -0.05) is 68.4 Å². The van der Waals surface area contributed by atoms with Gasteiger partial charge in [0.1, 0.15) is 0 Å². The first kappa shape index (κ1) is 24.5. The number of benzene rings is 2. The molecule has 1 atom stereocenters. The standard InChI is InChI=1S/C31H42N2O2/c1-23(2)25-12-14-26(15-13-25)29-27-10-6-7-11-28(27)31(16-18-32-19-17-31)30(34)33(29)20-21-35-22-24-8-4-3-5-9-24/h3-11,23,25-26,29,32H,12-22H2,1-2H3. The molecule has 2 aromatic carbocycles. The predicted molar refractivity (Wildman–Crippen MR) is 141 cm³/mol. The molecule has 0 radical (unpaired) electrons. The lowest BCUT2D eigenvalue weighted by Gasteiger charge is -2.52. The van der Waals surface area contributed by atoms with E-state index in [2.05, 4.69) is 60.5 Å². The third-order valence-corrected chi connectivity index (χ3v) is 9.05. The summed E-state index contributed by atoms with van der Waals surface area (Å²) in [6.45, 7) is 8.38. The predicted octanol–water partition coefficient (Wildman–Crippen LogP) is 5.87. The van der Waals surface area contributed by atoms with Crippen molar-refractivity contribution in [2.45, 2.75) is 70.4 Å². The van der Waals surface area contributed by atoms with Crippen LogP contribution in [0.5, 0.6) is 0 Å². The molecule has 2 aliphatic heterocycles. The number of nitrogens with one attached hydrogen (secondary N) is 1. The van der Waals surface area contributed by atoms with Gasteiger partial charge in [0.2, 0.25) is 5.91 Å². The summed E-state index contributed by atoms with van der Waals surface area (Å²) in [4.78, 5) is 16.6. The van der Waals surface area contributed by atoms with Gasteiger partial charge in [-0.15, -0.1) is 0 Å². The zero-order valence-electron chi connectivity index (χ0n) is 21.5. The molecule has 5 rings (SSSR count). The highest BCUT2D eigenvalue weighted by Crippen LogP contribution is 2.51. The van der Waals surface area contributed by atoms with Crippen molar-refractivity contribution in [3.8, 4) is 0 Å². The maximum absolute atomic E-state index is 14.4. The van der Waals surface area contributed by atoms with Crippen molar-refractivity contribution in [3.63, 3.8) is 0 Å². The lowest BCUT2D eigenvalue weighted by Crippen LogP contribution is -2.58. The highest BCUT2D eigenvalue weighted by molar-refractivity contribution is 5.91. The van der Waals surface area contributed by atoms with Crippen LogP contribution in [-0.4, -0.2) is 37.0 Å². The minimum Gasteiger partial charge on any atom is -0.375 e. The molecule has 188 valence electrons. The Morgan fingerprint density at radius 1 is 0.971 bits per heavy atom. The number of fused-ring (bicyclic) bond motifs is 2. The monoisotopic (exact) mass is 474 g/mol. The first-order chi connectivity index (χ1) is 17.1. The fraction of sp³-hybridized carbons (Fsp3) is 0.581. The quantitative estimate of drug-likeness (QED) is 0.510. The number of hydrogen-bond donors (Lipinski definition) is 1. The molecule has 1 spiro atoms. The van der Waals surface area contributed by atoms with Crippen molar-refractivity contribution in [1.82, 2.24) is 10.2 Å².